The van der Waals surface area contributed by atoms with Crippen molar-refractivity contribution in [3.63, 3.8) is 0 Å². The molecular formula is C13H15BrFN3. The molecule has 0 amide bonds. The summed E-state index contributed by atoms with van der Waals surface area (Å²) in [7, 11) is 0. The minimum atomic E-state index is -0.225. The van der Waals surface area contributed by atoms with E-state index in [4.69, 9.17) is 0 Å². The molecular weight excluding hydrogens is 297 g/mol. The number of nitrogens with one attached hydrogen (secondary N) is 1. The molecule has 18 heavy (non-hydrogen) atoms. The number of hydrogen-bond donors (Lipinski definition) is 1. The molecule has 2 rings (SSSR count). The predicted molar refractivity (Wildman–Crippen MR) is 74.2 cm³/mol. The molecule has 1 heterocycles. The van der Waals surface area contributed by atoms with E-state index in [0.29, 0.717) is 4.47 Å². The molecule has 1 aromatic heterocycles. The minimum Gasteiger partial charge on any atom is -0.385 e. The lowest BCUT2D eigenvalue weighted by atomic mass is 10.2. The van der Waals surface area contributed by atoms with Crippen LogP contribution in [0.2, 0.25) is 0 Å². The third kappa shape index (κ3) is 3.32. The van der Waals surface area contributed by atoms with Crippen molar-refractivity contribution in [2.45, 2.75) is 19.9 Å². The fourth-order valence-electron chi connectivity index (χ4n) is 1.74. The van der Waals surface area contributed by atoms with Crippen molar-refractivity contribution in [2.75, 3.05) is 11.9 Å². The Labute approximate surface area is 114 Å². The van der Waals surface area contributed by atoms with Crippen LogP contribution in [0.1, 0.15) is 12.0 Å². The molecule has 96 valence electrons. The first-order chi connectivity index (χ1) is 8.66. The number of nitrogens with zero attached hydrogens (tertiary/aromatic N) is 2. The minimum absolute atomic E-state index is 0.225. The second kappa shape index (κ2) is 6.00. The zero-order chi connectivity index (χ0) is 13.0. The lowest BCUT2D eigenvalue weighted by molar-refractivity contribution is 0.620. The smallest absolute Gasteiger partial charge is 0.137 e. The summed E-state index contributed by atoms with van der Waals surface area (Å²) in [5.41, 5.74) is 1.88. The first kappa shape index (κ1) is 13.1. The van der Waals surface area contributed by atoms with Crippen molar-refractivity contribution in [1.29, 1.82) is 0 Å². The summed E-state index contributed by atoms with van der Waals surface area (Å²) < 4.78 is 15.8. The maximum Gasteiger partial charge on any atom is 0.137 e. The average molecular weight is 312 g/mol. The van der Waals surface area contributed by atoms with E-state index in [1.54, 1.807) is 18.6 Å². The third-order valence-electron chi connectivity index (χ3n) is 2.74. The van der Waals surface area contributed by atoms with Gasteiger partial charge in [-0.15, -0.1) is 0 Å². The van der Waals surface area contributed by atoms with Gasteiger partial charge < -0.3 is 9.88 Å². The van der Waals surface area contributed by atoms with Gasteiger partial charge in [-0.3, -0.25) is 0 Å². The predicted octanol–water partition coefficient (Wildman–Crippen LogP) is 3.60. The van der Waals surface area contributed by atoms with Crippen LogP contribution in [0.25, 0.3) is 0 Å². The van der Waals surface area contributed by atoms with Crippen molar-refractivity contribution in [1.82, 2.24) is 9.55 Å². The molecule has 1 aromatic carbocycles. The highest BCUT2D eigenvalue weighted by atomic mass is 79.9. The summed E-state index contributed by atoms with van der Waals surface area (Å²) in [5.74, 6) is -0.225. The zero-order valence-electron chi connectivity index (χ0n) is 10.2. The molecule has 0 spiro atoms. The fraction of sp³-hybridized carbons (Fsp3) is 0.308. The Hall–Kier alpha value is -1.36. The molecule has 0 radical (unpaired) electrons. The van der Waals surface area contributed by atoms with Gasteiger partial charge in [0, 0.05) is 31.2 Å². The van der Waals surface area contributed by atoms with Gasteiger partial charge in [0.05, 0.1) is 10.8 Å². The molecule has 0 saturated carbocycles. The molecule has 0 bridgehead atoms. The van der Waals surface area contributed by atoms with Gasteiger partial charge >= 0.3 is 0 Å². The quantitative estimate of drug-likeness (QED) is 0.855. The molecule has 0 atom stereocenters. The van der Waals surface area contributed by atoms with Crippen LogP contribution in [-0.2, 0) is 6.54 Å². The number of halogens is 2. The van der Waals surface area contributed by atoms with Crippen LogP contribution in [0.15, 0.2) is 35.3 Å². The van der Waals surface area contributed by atoms with E-state index < -0.39 is 0 Å². The van der Waals surface area contributed by atoms with Crippen molar-refractivity contribution in [2.24, 2.45) is 0 Å². The molecule has 2 aromatic rings. The number of imidazole rings is 1. The molecule has 0 aliphatic heterocycles. The van der Waals surface area contributed by atoms with Gasteiger partial charge in [0.2, 0.25) is 0 Å². The van der Waals surface area contributed by atoms with Crippen molar-refractivity contribution >= 4 is 21.6 Å². The maximum atomic E-state index is 13.2. The van der Waals surface area contributed by atoms with Crippen molar-refractivity contribution in [3.05, 3.63) is 46.7 Å². The van der Waals surface area contributed by atoms with E-state index in [1.165, 1.54) is 6.07 Å². The monoisotopic (exact) mass is 311 g/mol. The topological polar surface area (TPSA) is 29.9 Å². The Bertz CT molecular complexity index is 511. The van der Waals surface area contributed by atoms with Gasteiger partial charge in [0.15, 0.2) is 0 Å². The van der Waals surface area contributed by atoms with Gasteiger partial charge in [-0.2, -0.15) is 0 Å². The molecule has 1 N–H and O–H groups in total. The summed E-state index contributed by atoms with van der Waals surface area (Å²) in [6, 6.07) is 3.31. The van der Waals surface area contributed by atoms with Crippen LogP contribution >= 0.6 is 15.9 Å². The van der Waals surface area contributed by atoms with E-state index in [1.807, 2.05) is 17.7 Å². The number of hydrogen-bond acceptors (Lipinski definition) is 2. The van der Waals surface area contributed by atoms with Gasteiger partial charge in [-0.05, 0) is 47.0 Å². The molecule has 0 unspecified atom stereocenters. The summed E-state index contributed by atoms with van der Waals surface area (Å²) in [6.45, 7) is 3.67. The van der Waals surface area contributed by atoms with E-state index >= 15 is 0 Å². The molecule has 0 saturated heterocycles. The number of anilines is 1. The number of benzene rings is 1. The van der Waals surface area contributed by atoms with Crippen LogP contribution in [0.4, 0.5) is 10.1 Å². The van der Waals surface area contributed by atoms with Gasteiger partial charge in [0.1, 0.15) is 5.82 Å². The highest BCUT2D eigenvalue weighted by Gasteiger charge is 2.04. The van der Waals surface area contributed by atoms with Gasteiger partial charge in [-0.25, -0.2) is 9.37 Å². The van der Waals surface area contributed by atoms with Crippen LogP contribution in [0, 0.1) is 12.7 Å². The van der Waals surface area contributed by atoms with Crippen LogP contribution < -0.4 is 5.32 Å². The van der Waals surface area contributed by atoms with Gasteiger partial charge in [0.25, 0.3) is 0 Å². The Morgan fingerprint density at radius 2 is 2.28 bits per heavy atom. The van der Waals surface area contributed by atoms with Crippen LogP contribution in [0.5, 0.6) is 0 Å². The fourth-order valence-corrected chi connectivity index (χ4v) is 2.08. The Morgan fingerprint density at radius 1 is 1.44 bits per heavy atom. The highest BCUT2D eigenvalue weighted by molar-refractivity contribution is 9.10. The van der Waals surface area contributed by atoms with Crippen molar-refractivity contribution < 1.29 is 4.39 Å². The third-order valence-corrected chi connectivity index (χ3v) is 3.34. The Balaban J connectivity index is 1.85. The largest absolute Gasteiger partial charge is 0.385 e. The summed E-state index contributed by atoms with van der Waals surface area (Å²) in [4.78, 5) is 3.99. The van der Waals surface area contributed by atoms with E-state index in [9.17, 15) is 4.39 Å². The Morgan fingerprint density at radius 3 is 3.00 bits per heavy atom. The van der Waals surface area contributed by atoms with E-state index in [-0.39, 0.29) is 5.82 Å². The first-order valence-electron chi connectivity index (χ1n) is 5.82. The lowest BCUT2D eigenvalue weighted by Crippen LogP contribution is -2.07. The van der Waals surface area contributed by atoms with E-state index in [0.717, 1.165) is 30.8 Å². The molecule has 5 heteroatoms. The second-order valence-corrected chi connectivity index (χ2v) is 5.02. The molecule has 3 nitrogen and oxygen atoms in total. The Kier molecular flexibility index (Phi) is 4.36. The average Bonchev–Trinajstić information content (AvgIpc) is 2.84. The zero-order valence-corrected chi connectivity index (χ0v) is 11.7. The van der Waals surface area contributed by atoms with Gasteiger partial charge in [-0.1, -0.05) is 0 Å². The molecule has 0 aliphatic carbocycles. The number of aryl methyl sites for hydroxylation is 2. The van der Waals surface area contributed by atoms with Crippen molar-refractivity contribution in [3.8, 4) is 0 Å². The van der Waals surface area contributed by atoms with Crippen LogP contribution in [-0.4, -0.2) is 16.1 Å². The summed E-state index contributed by atoms with van der Waals surface area (Å²) in [6.07, 6.45) is 6.51. The second-order valence-electron chi connectivity index (χ2n) is 4.16. The SMILES string of the molecule is Cc1cc(F)c(Br)cc1NCCCn1ccnc1. The standard InChI is InChI=1S/C13H15BrFN3/c1-10-7-12(15)11(14)8-13(10)17-3-2-5-18-6-4-16-9-18/h4,6-9,17H,2-3,5H2,1H3. The highest BCUT2D eigenvalue weighted by Crippen LogP contribution is 2.24. The normalized spacial score (nSPS) is 10.6. The van der Waals surface area contributed by atoms with Crippen LogP contribution in [0.3, 0.4) is 0 Å². The summed E-state index contributed by atoms with van der Waals surface area (Å²) >= 11 is 3.19. The lowest BCUT2D eigenvalue weighted by Gasteiger charge is -2.10. The number of rotatable bonds is 5. The number of aromatic nitrogens is 2. The first-order valence-corrected chi connectivity index (χ1v) is 6.61. The summed E-state index contributed by atoms with van der Waals surface area (Å²) in [5, 5.41) is 3.31. The maximum absolute atomic E-state index is 13.2. The molecule has 0 aliphatic rings. The molecule has 0 fully saturated rings. The van der Waals surface area contributed by atoms with E-state index in [2.05, 4.69) is 26.2 Å².